The van der Waals surface area contributed by atoms with Gasteiger partial charge >= 0.3 is 0 Å². The van der Waals surface area contributed by atoms with Crippen molar-refractivity contribution in [3.8, 4) is 0 Å². The molecule has 8 nitrogen and oxygen atoms in total. The summed E-state index contributed by atoms with van der Waals surface area (Å²) in [7, 11) is 0. The number of amides is 1. The van der Waals surface area contributed by atoms with Gasteiger partial charge in [0.25, 0.3) is 11.6 Å². The highest BCUT2D eigenvalue weighted by Crippen LogP contribution is 2.29. The zero-order valence-corrected chi connectivity index (χ0v) is 18.4. The number of hydrogen-bond donors (Lipinski definition) is 0. The molecule has 3 rings (SSSR count). The lowest BCUT2D eigenvalue weighted by Gasteiger charge is -2.27. The third-order valence-electron chi connectivity index (χ3n) is 5.28. The number of halogens is 1. The summed E-state index contributed by atoms with van der Waals surface area (Å²) in [6.07, 6.45) is 0.779. The minimum absolute atomic E-state index is 0.0225. The monoisotopic (exact) mass is 431 g/mol. The van der Waals surface area contributed by atoms with Crippen LogP contribution >= 0.6 is 11.6 Å². The number of nitrogens with zero attached hydrogens (tertiary/aromatic N) is 5. The second-order valence-electron chi connectivity index (χ2n) is 7.80. The van der Waals surface area contributed by atoms with Gasteiger partial charge in [-0.1, -0.05) is 25.4 Å². The number of carbonyl (C=O) groups is 1. The summed E-state index contributed by atoms with van der Waals surface area (Å²) in [5.41, 5.74) is 2.13. The highest BCUT2D eigenvalue weighted by atomic mass is 35.5. The molecule has 0 atom stereocenters. The fourth-order valence-corrected chi connectivity index (χ4v) is 4.11. The lowest BCUT2D eigenvalue weighted by Crippen LogP contribution is -2.36. The van der Waals surface area contributed by atoms with Crippen LogP contribution in [-0.4, -0.2) is 51.9 Å². The molecule has 0 bridgehead atoms. The minimum Gasteiger partial charge on any atom is -0.354 e. The summed E-state index contributed by atoms with van der Waals surface area (Å²) >= 11 is 5.88. The Labute approximate surface area is 181 Å². The summed E-state index contributed by atoms with van der Waals surface area (Å²) in [4.78, 5) is 36.7. The number of aryl methyl sites for hydroxylation is 2. The third-order valence-corrected chi connectivity index (χ3v) is 5.60. The number of nitro groups is 1. The number of hydrogen-bond acceptors (Lipinski definition) is 6. The van der Waals surface area contributed by atoms with Gasteiger partial charge in [-0.15, -0.1) is 0 Å². The molecule has 2 heterocycles. The predicted octanol–water partition coefficient (Wildman–Crippen LogP) is 4.13. The van der Waals surface area contributed by atoms with Crippen LogP contribution in [0.15, 0.2) is 18.2 Å². The van der Waals surface area contributed by atoms with Gasteiger partial charge in [0.05, 0.1) is 4.92 Å². The van der Waals surface area contributed by atoms with Crippen LogP contribution in [-0.2, 0) is 0 Å². The van der Waals surface area contributed by atoms with Gasteiger partial charge in [-0.2, -0.15) is 0 Å². The van der Waals surface area contributed by atoms with E-state index in [9.17, 15) is 14.9 Å². The molecule has 0 aliphatic carbocycles. The molecule has 1 fully saturated rings. The highest BCUT2D eigenvalue weighted by molar-refractivity contribution is 6.32. The van der Waals surface area contributed by atoms with Crippen molar-refractivity contribution in [1.29, 1.82) is 0 Å². The summed E-state index contributed by atoms with van der Waals surface area (Å²) in [5, 5.41) is 11.2. The number of benzene rings is 1. The van der Waals surface area contributed by atoms with Crippen LogP contribution < -0.4 is 4.90 Å². The smallest absolute Gasteiger partial charge is 0.288 e. The van der Waals surface area contributed by atoms with E-state index in [2.05, 4.69) is 23.7 Å². The van der Waals surface area contributed by atoms with Gasteiger partial charge in [0.1, 0.15) is 16.7 Å². The Morgan fingerprint density at radius 3 is 2.57 bits per heavy atom. The van der Waals surface area contributed by atoms with E-state index in [4.69, 9.17) is 16.6 Å². The van der Waals surface area contributed by atoms with E-state index in [1.807, 2.05) is 13.8 Å². The maximum absolute atomic E-state index is 13.0. The predicted molar refractivity (Wildman–Crippen MR) is 116 cm³/mol. The molecule has 1 aliphatic heterocycles. The fourth-order valence-electron chi connectivity index (χ4n) is 3.92. The summed E-state index contributed by atoms with van der Waals surface area (Å²) in [6, 6.07) is 4.19. The van der Waals surface area contributed by atoms with Crippen molar-refractivity contribution in [2.75, 3.05) is 31.1 Å². The fraction of sp³-hybridized carbons (Fsp3) is 0.476. The molecule has 9 heteroatoms. The molecule has 2 aromatic rings. The standard InChI is InChI=1S/C21H26ClN5O3/c1-13(2)19-14(3)23-15(4)24-20(19)25-8-5-9-26(11-10-25)21(28)16-6-7-17(22)18(12-16)27(29)30/h6-7,12-13H,5,8-11H2,1-4H3. The molecule has 160 valence electrons. The van der Waals surface area contributed by atoms with Crippen molar-refractivity contribution in [3.63, 3.8) is 0 Å². The van der Waals surface area contributed by atoms with Gasteiger partial charge in [0.2, 0.25) is 0 Å². The number of anilines is 1. The van der Waals surface area contributed by atoms with Crippen LogP contribution in [0.25, 0.3) is 0 Å². The topological polar surface area (TPSA) is 92.5 Å². The van der Waals surface area contributed by atoms with Gasteiger partial charge in [-0.05, 0) is 38.3 Å². The quantitative estimate of drug-likeness (QED) is 0.533. The van der Waals surface area contributed by atoms with Crippen LogP contribution in [0.1, 0.15) is 53.6 Å². The molecule has 1 aromatic heterocycles. The Morgan fingerprint density at radius 2 is 1.90 bits per heavy atom. The molecule has 0 spiro atoms. The molecular weight excluding hydrogens is 406 g/mol. The Hall–Kier alpha value is -2.74. The molecule has 0 unspecified atom stereocenters. The zero-order valence-electron chi connectivity index (χ0n) is 17.7. The largest absolute Gasteiger partial charge is 0.354 e. The van der Waals surface area contributed by atoms with Crippen LogP contribution in [0.3, 0.4) is 0 Å². The van der Waals surface area contributed by atoms with Crippen molar-refractivity contribution < 1.29 is 9.72 Å². The molecule has 0 saturated carbocycles. The van der Waals surface area contributed by atoms with Crippen molar-refractivity contribution in [2.45, 2.75) is 40.0 Å². The Morgan fingerprint density at radius 1 is 1.17 bits per heavy atom. The van der Waals surface area contributed by atoms with E-state index in [-0.39, 0.29) is 28.1 Å². The Balaban J connectivity index is 1.82. The molecule has 1 saturated heterocycles. The van der Waals surface area contributed by atoms with Crippen molar-refractivity contribution in [2.24, 2.45) is 0 Å². The van der Waals surface area contributed by atoms with E-state index in [0.717, 1.165) is 35.9 Å². The van der Waals surface area contributed by atoms with Crippen molar-refractivity contribution in [1.82, 2.24) is 14.9 Å². The van der Waals surface area contributed by atoms with E-state index in [1.165, 1.54) is 18.2 Å². The average molecular weight is 432 g/mol. The van der Waals surface area contributed by atoms with Gasteiger partial charge in [0.15, 0.2) is 0 Å². The lowest BCUT2D eigenvalue weighted by molar-refractivity contribution is -0.384. The number of nitro benzene ring substituents is 1. The highest BCUT2D eigenvalue weighted by Gasteiger charge is 2.25. The first-order valence-corrected chi connectivity index (χ1v) is 10.4. The van der Waals surface area contributed by atoms with E-state index < -0.39 is 4.92 Å². The first-order valence-electron chi connectivity index (χ1n) is 10.0. The van der Waals surface area contributed by atoms with Crippen LogP contribution in [0.5, 0.6) is 0 Å². The average Bonchev–Trinajstić information content (AvgIpc) is 2.92. The van der Waals surface area contributed by atoms with Crippen molar-refractivity contribution in [3.05, 3.63) is 56.0 Å². The van der Waals surface area contributed by atoms with Crippen LogP contribution in [0.4, 0.5) is 11.5 Å². The zero-order chi connectivity index (χ0) is 22.0. The SMILES string of the molecule is Cc1nc(C)c(C(C)C)c(N2CCCN(C(=O)c3ccc(Cl)c([N+](=O)[O-])c3)CC2)n1. The maximum Gasteiger partial charge on any atom is 0.288 e. The number of carbonyl (C=O) groups excluding carboxylic acids is 1. The molecule has 30 heavy (non-hydrogen) atoms. The minimum atomic E-state index is -0.573. The maximum atomic E-state index is 13.0. The second kappa shape index (κ2) is 8.95. The Bertz CT molecular complexity index is 979. The van der Waals surface area contributed by atoms with Crippen molar-refractivity contribution >= 4 is 29.0 Å². The molecule has 0 radical (unpaired) electrons. The Kier molecular flexibility index (Phi) is 6.55. The lowest BCUT2D eigenvalue weighted by atomic mass is 10.0. The normalized spacial score (nSPS) is 14.7. The van der Waals surface area contributed by atoms with Gasteiger partial charge in [-0.3, -0.25) is 14.9 Å². The molecule has 1 amide bonds. The molecule has 1 aliphatic rings. The molecule has 0 N–H and O–H groups in total. The summed E-state index contributed by atoms with van der Waals surface area (Å²) < 4.78 is 0. The molecule has 1 aromatic carbocycles. The van der Waals surface area contributed by atoms with Gasteiger partial charge in [0, 0.05) is 49.1 Å². The van der Waals surface area contributed by atoms with E-state index >= 15 is 0 Å². The first kappa shape index (κ1) is 22.0. The van der Waals surface area contributed by atoms with E-state index in [1.54, 1.807) is 4.90 Å². The summed E-state index contributed by atoms with van der Waals surface area (Å²) in [6.45, 7) is 10.7. The first-order chi connectivity index (χ1) is 14.2. The summed E-state index contributed by atoms with van der Waals surface area (Å²) in [5.74, 6) is 1.73. The number of aromatic nitrogens is 2. The van der Waals surface area contributed by atoms with Gasteiger partial charge < -0.3 is 9.80 Å². The van der Waals surface area contributed by atoms with Crippen LogP contribution in [0, 0.1) is 24.0 Å². The van der Waals surface area contributed by atoms with Gasteiger partial charge in [-0.25, -0.2) is 9.97 Å². The van der Waals surface area contributed by atoms with E-state index in [0.29, 0.717) is 19.6 Å². The van der Waals surface area contributed by atoms with Crippen LogP contribution in [0.2, 0.25) is 5.02 Å². The third kappa shape index (κ3) is 4.53. The number of rotatable bonds is 4. The second-order valence-corrected chi connectivity index (χ2v) is 8.21. The molecular formula is C21H26ClN5O3.